The number of benzene rings is 2. The number of ether oxygens (including phenoxy) is 1. The number of hydrogen-bond donors (Lipinski definition) is 0. The Morgan fingerprint density at radius 3 is 2.29 bits per heavy atom. The highest BCUT2D eigenvalue weighted by molar-refractivity contribution is 5.78. The Hall–Kier alpha value is -1.76. The molecule has 0 aliphatic heterocycles. The molecule has 2 aromatic rings. The Morgan fingerprint density at radius 1 is 0.750 bits per heavy atom. The lowest BCUT2D eigenvalue weighted by molar-refractivity contribution is 0.302. The maximum Gasteiger partial charge on any atom is 0.123 e. The molecular weight excluding hydrogens is 292 g/mol. The molecule has 0 saturated carbocycles. The molecule has 0 amide bonds. The van der Waals surface area contributed by atoms with Crippen LogP contribution in [0.2, 0.25) is 0 Å². The summed E-state index contributed by atoms with van der Waals surface area (Å²) in [5.41, 5.74) is 5.54. The molecular formula is C23H30O. The van der Waals surface area contributed by atoms with Crippen molar-refractivity contribution in [2.45, 2.75) is 64.7 Å². The fourth-order valence-electron chi connectivity index (χ4n) is 3.68. The van der Waals surface area contributed by atoms with Crippen molar-refractivity contribution in [1.82, 2.24) is 0 Å². The average Bonchev–Trinajstić information content (AvgIpc) is 3.00. The van der Waals surface area contributed by atoms with Gasteiger partial charge in [-0.2, -0.15) is 0 Å². The lowest BCUT2D eigenvalue weighted by Crippen LogP contribution is -2.00. The molecule has 2 aromatic carbocycles. The standard InChI is InChI=1S/C23H30O/c1-2-3-4-5-6-7-8-11-17-24-23-16-12-15-21-20-14-10-9-13-19(20)18-22(21)23/h9-10,12-16H,2-8,11,17-18H2,1H3. The summed E-state index contributed by atoms with van der Waals surface area (Å²) in [5, 5.41) is 0. The van der Waals surface area contributed by atoms with Gasteiger partial charge in [-0.15, -0.1) is 0 Å². The Balaban J connectivity index is 1.43. The van der Waals surface area contributed by atoms with Gasteiger partial charge in [0, 0.05) is 12.0 Å². The van der Waals surface area contributed by atoms with Crippen molar-refractivity contribution >= 4 is 0 Å². The average molecular weight is 322 g/mol. The van der Waals surface area contributed by atoms with Crippen LogP contribution in [0, 0.1) is 0 Å². The molecule has 0 radical (unpaired) electrons. The summed E-state index contributed by atoms with van der Waals surface area (Å²) in [6.07, 6.45) is 11.7. The van der Waals surface area contributed by atoms with E-state index in [1.165, 1.54) is 73.6 Å². The van der Waals surface area contributed by atoms with Crippen molar-refractivity contribution in [2.75, 3.05) is 6.61 Å². The van der Waals surface area contributed by atoms with Crippen LogP contribution in [0.3, 0.4) is 0 Å². The van der Waals surface area contributed by atoms with Crippen molar-refractivity contribution in [1.29, 1.82) is 0 Å². The van der Waals surface area contributed by atoms with Crippen LogP contribution in [0.5, 0.6) is 5.75 Å². The van der Waals surface area contributed by atoms with Gasteiger partial charge in [-0.3, -0.25) is 0 Å². The topological polar surface area (TPSA) is 9.23 Å². The van der Waals surface area contributed by atoms with Crippen molar-refractivity contribution in [2.24, 2.45) is 0 Å². The zero-order chi connectivity index (χ0) is 16.6. The van der Waals surface area contributed by atoms with Crippen LogP contribution < -0.4 is 4.74 Å². The van der Waals surface area contributed by atoms with Gasteiger partial charge in [-0.05, 0) is 29.2 Å². The van der Waals surface area contributed by atoms with Crippen LogP contribution in [0.25, 0.3) is 11.1 Å². The van der Waals surface area contributed by atoms with Gasteiger partial charge in [0.25, 0.3) is 0 Å². The molecule has 1 heteroatoms. The molecule has 3 rings (SSSR count). The zero-order valence-corrected chi connectivity index (χ0v) is 15.0. The second-order valence-electron chi connectivity index (χ2n) is 6.94. The smallest absolute Gasteiger partial charge is 0.123 e. The number of rotatable bonds is 10. The van der Waals surface area contributed by atoms with Crippen molar-refractivity contribution in [3.05, 3.63) is 53.6 Å². The Morgan fingerprint density at radius 2 is 1.46 bits per heavy atom. The van der Waals surface area contributed by atoms with Crippen molar-refractivity contribution < 1.29 is 4.74 Å². The van der Waals surface area contributed by atoms with E-state index in [9.17, 15) is 0 Å². The van der Waals surface area contributed by atoms with Gasteiger partial charge in [0.15, 0.2) is 0 Å². The first-order valence-electron chi connectivity index (χ1n) is 9.73. The quantitative estimate of drug-likeness (QED) is 0.374. The monoisotopic (exact) mass is 322 g/mol. The highest BCUT2D eigenvalue weighted by atomic mass is 16.5. The molecule has 0 saturated heterocycles. The fourth-order valence-corrected chi connectivity index (χ4v) is 3.68. The van der Waals surface area contributed by atoms with Gasteiger partial charge < -0.3 is 4.74 Å². The van der Waals surface area contributed by atoms with E-state index >= 15 is 0 Å². The van der Waals surface area contributed by atoms with Crippen LogP contribution >= 0.6 is 0 Å². The molecule has 1 nitrogen and oxygen atoms in total. The lowest BCUT2D eigenvalue weighted by atomic mass is 10.1. The Bertz CT molecular complexity index is 644. The van der Waals surface area contributed by atoms with Crippen LogP contribution in [0.15, 0.2) is 42.5 Å². The molecule has 1 aliphatic rings. The van der Waals surface area contributed by atoms with E-state index in [0.29, 0.717) is 0 Å². The Kier molecular flexibility index (Phi) is 6.34. The number of hydrogen-bond acceptors (Lipinski definition) is 1. The number of unbranched alkanes of at least 4 members (excludes halogenated alkanes) is 7. The van der Waals surface area contributed by atoms with E-state index in [-0.39, 0.29) is 0 Å². The van der Waals surface area contributed by atoms with E-state index in [0.717, 1.165) is 18.8 Å². The molecule has 24 heavy (non-hydrogen) atoms. The Labute approximate surface area is 147 Å². The third kappa shape index (κ3) is 4.20. The van der Waals surface area contributed by atoms with E-state index in [1.807, 2.05) is 0 Å². The molecule has 0 fully saturated rings. The third-order valence-corrected chi connectivity index (χ3v) is 5.06. The van der Waals surface area contributed by atoms with Crippen LogP contribution in [-0.4, -0.2) is 6.61 Å². The van der Waals surface area contributed by atoms with E-state index in [2.05, 4.69) is 49.4 Å². The summed E-state index contributed by atoms with van der Waals surface area (Å²) in [6.45, 7) is 3.12. The summed E-state index contributed by atoms with van der Waals surface area (Å²) in [5.74, 6) is 1.09. The summed E-state index contributed by atoms with van der Waals surface area (Å²) in [4.78, 5) is 0. The van der Waals surface area contributed by atoms with Gasteiger partial charge in [-0.1, -0.05) is 88.3 Å². The van der Waals surface area contributed by atoms with Gasteiger partial charge in [0.05, 0.1) is 6.61 Å². The molecule has 0 N–H and O–H groups in total. The molecule has 0 aromatic heterocycles. The van der Waals surface area contributed by atoms with Crippen molar-refractivity contribution in [3.63, 3.8) is 0 Å². The number of fused-ring (bicyclic) bond motifs is 3. The SMILES string of the molecule is CCCCCCCCCCOc1cccc2c1Cc1ccccc1-2. The van der Waals surface area contributed by atoms with E-state index < -0.39 is 0 Å². The molecule has 0 spiro atoms. The molecule has 0 atom stereocenters. The van der Waals surface area contributed by atoms with Gasteiger partial charge in [0.1, 0.15) is 5.75 Å². The normalized spacial score (nSPS) is 12.0. The predicted octanol–water partition coefficient (Wildman–Crippen LogP) is 6.78. The lowest BCUT2D eigenvalue weighted by Gasteiger charge is -2.11. The van der Waals surface area contributed by atoms with Gasteiger partial charge >= 0.3 is 0 Å². The van der Waals surface area contributed by atoms with E-state index in [1.54, 1.807) is 0 Å². The summed E-state index contributed by atoms with van der Waals surface area (Å²) < 4.78 is 6.13. The van der Waals surface area contributed by atoms with Crippen LogP contribution in [0.4, 0.5) is 0 Å². The third-order valence-electron chi connectivity index (χ3n) is 5.06. The summed E-state index contributed by atoms with van der Waals surface area (Å²) in [6, 6.07) is 15.2. The van der Waals surface area contributed by atoms with Gasteiger partial charge in [-0.25, -0.2) is 0 Å². The summed E-state index contributed by atoms with van der Waals surface area (Å²) >= 11 is 0. The molecule has 128 valence electrons. The molecule has 0 heterocycles. The first-order chi connectivity index (χ1) is 11.9. The summed E-state index contributed by atoms with van der Waals surface area (Å²) in [7, 11) is 0. The largest absolute Gasteiger partial charge is 0.493 e. The van der Waals surface area contributed by atoms with Crippen molar-refractivity contribution in [3.8, 4) is 16.9 Å². The highest BCUT2D eigenvalue weighted by Gasteiger charge is 2.20. The predicted molar refractivity (Wildman–Crippen MR) is 103 cm³/mol. The van der Waals surface area contributed by atoms with Crippen LogP contribution in [-0.2, 0) is 6.42 Å². The maximum absolute atomic E-state index is 6.13. The first kappa shape index (κ1) is 17.1. The zero-order valence-electron chi connectivity index (χ0n) is 15.0. The highest BCUT2D eigenvalue weighted by Crippen LogP contribution is 2.40. The van der Waals surface area contributed by atoms with E-state index in [4.69, 9.17) is 4.74 Å². The minimum atomic E-state index is 0.849. The first-order valence-corrected chi connectivity index (χ1v) is 9.73. The fraction of sp³-hybridized carbons (Fsp3) is 0.478. The molecule has 1 aliphatic carbocycles. The molecule has 0 bridgehead atoms. The minimum absolute atomic E-state index is 0.849. The minimum Gasteiger partial charge on any atom is -0.493 e. The maximum atomic E-state index is 6.13. The van der Waals surface area contributed by atoms with Gasteiger partial charge in [0.2, 0.25) is 0 Å². The second kappa shape index (κ2) is 8.92. The molecule has 0 unspecified atom stereocenters. The second-order valence-corrected chi connectivity index (χ2v) is 6.94. The van der Waals surface area contributed by atoms with Crippen LogP contribution in [0.1, 0.15) is 69.4 Å².